The summed E-state index contributed by atoms with van der Waals surface area (Å²) in [6.45, 7) is 4.17. The number of anilines is 2. The maximum absolute atomic E-state index is 11.9. The molecule has 0 unspecified atom stereocenters. The van der Waals surface area contributed by atoms with Crippen LogP contribution in [0.3, 0.4) is 0 Å². The van der Waals surface area contributed by atoms with Gasteiger partial charge in [-0.15, -0.1) is 0 Å². The second-order valence-electron chi connectivity index (χ2n) is 7.06. The van der Waals surface area contributed by atoms with Gasteiger partial charge in [-0.1, -0.05) is 0 Å². The van der Waals surface area contributed by atoms with E-state index in [1.165, 1.54) is 10.6 Å². The van der Waals surface area contributed by atoms with Crippen LogP contribution in [0.5, 0.6) is 0 Å². The molecule has 1 fully saturated rings. The zero-order chi connectivity index (χ0) is 19.0. The number of carbonyl (C=O) groups excluding carboxylic acids is 1. The Morgan fingerprint density at radius 2 is 2.00 bits per heavy atom. The van der Waals surface area contributed by atoms with Gasteiger partial charge in [0.25, 0.3) is 0 Å². The number of nitrogens with one attached hydrogen (secondary N) is 3. The summed E-state index contributed by atoms with van der Waals surface area (Å²) in [5.41, 5.74) is 4.27. The highest BCUT2D eigenvalue weighted by Crippen LogP contribution is 2.28. The monoisotopic (exact) mass is 368 g/mol. The minimum Gasteiger partial charge on any atom is -0.369 e. The van der Waals surface area contributed by atoms with Crippen molar-refractivity contribution in [2.45, 2.75) is 0 Å². The zero-order valence-corrected chi connectivity index (χ0v) is 15.8. The molecule has 9 nitrogen and oxygen atoms in total. The van der Waals surface area contributed by atoms with Crippen molar-refractivity contribution in [3.05, 3.63) is 24.4 Å². The summed E-state index contributed by atoms with van der Waals surface area (Å²) in [5.74, 6) is 0.645. The highest BCUT2D eigenvalue weighted by atomic mass is 16.2. The molecule has 0 saturated carbocycles. The number of likely N-dealkylation sites (N-methyl/N-ethyl adjacent to an activating group) is 1. The standard InChI is InChI=1S/C18H24N8O/c1-24(2)18(27)22-15-11-19-23-16(15)17-20-13-5-4-12(10-14(13)21-17)26-8-6-25(3)7-9-26/h4-5,10-11H,6-9H2,1-3H3,(H,19,23)(H,20,21)(H,22,27). The molecule has 0 atom stereocenters. The lowest BCUT2D eigenvalue weighted by Crippen LogP contribution is -2.44. The molecule has 9 heteroatoms. The molecule has 3 heterocycles. The number of imidazole rings is 1. The van der Waals surface area contributed by atoms with E-state index in [0.717, 1.165) is 37.2 Å². The van der Waals surface area contributed by atoms with E-state index < -0.39 is 0 Å². The lowest BCUT2D eigenvalue weighted by Gasteiger charge is -2.34. The van der Waals surface area contributed by atoms with E-state index in [0.29, 0.717) is 17.2 Å². The SMILES string of the molecule is CN1CCN(c2ccc3nc(-c4[nH]ncc4NC(=O)N(C)C)[nH]c3c2)CC1. The third-order valence-corrected chi connectivity index (χ3v) is 4.86. The van der Waals surface area contributed by atoms with Crippen LogP contribution in [0.2, 0.25) is 0 Å². The van der Waals surface area contributed by atoms with Gasteiger partial charge in [-0.2, -0.15) is 5.10 Å². The third kappa shape index (κ3) is 3.45. The Morgan fingerprint density at radius 1 is 1.22 bits per heavy atom. The fourth-order valence-corrected chi connectivity index (χ4v) is 3.17. The number of carbonyl (C=O) groups is 1. The minimum atomic E-state index is -0.217. The number of piperazine rings is 1. The van der Waals surface area contributed by atoms with E-state index in [1.807, 2.05) is 6.07 Å². The van der Waals surface area contributed by atoms with E-state index in [-0.39, 0.29) is 6.03 Å². The summed E-state index contributed by atoms with van der Waals surface area (Å²) in [6.07, 6.45) is 1.58. The number of amides is 2. The first kappa shape index (κ1) is 17.3. The average Bonchev–Trinajstić information content (AvgIpc) is 3.27. The molecule has 0 aliphatic carbocycles. The van der Waals surface area contributed by atoms with Crippen LogP contribution >= 0.6 is 0 Å². The van der Waals surface area contributed by atoms with Crippen molar-refractivity contribution in [3.63, 3.8) is 0 Å². The lowest BCUT2D eigenvalue weighted by molar-refractivity contribution is 0.230. The van der Waals surface area contributed by atoms with Gasteiger partial charge in [-0.05, 0) is 25.2 Å². The molecular weight excluding hydrogens is 344 g/mol. The van der Waals surface area contributed by atoms with Crippen LogP contribution in [0.4, 0.5) is 16.2 Å². The highest BCUT2D eigenvalue weighted by Gasteiger charge is 2.17. The molecular formula is C18H24N8O. The maximum atomic E-state index is 11.9. The normalized spacial score (nSPS) is 15.3. The van der Waals surface area contributed by atoms with E-state index in [4.69, 9.17) is 0 Å². The molecule has 1 aliphatic rings. The Labute approximate surface area is 157 Å². The number of H-pyrrole nitrogens is 2. The number of aromatic amines is 2. The van der Waals surface area contributed by atoms with Crippen LogP contribution < -0.4 is 10.2 Å². The quantitative estimate of drug-likeness (QED) is 0.655. The molecule has 1 aliphatic heterocycles. The molecule has 2 aromatic heterocycles. The molecule has 1 aromatic carbocycles. The molecule has 4 rings (SSSR count). The molecule has 0 bridgehead atoms. The number of fused-ring (bicyclic) bond motifs is 1. The molecule has 142 valence electrons. The highest BCUT2D eigenvalue weighted by molar-refractivity contribution is 5.93. The van der Waals surface area contributed by atoms with Gasteiger partial charge >= 0.3 is 6.03 Å². The molecule has 0 spiro atoms. The predicted octanol–water partition coefficient (Wildman–Crippen LogP) is 1.80. The van der Waals surface area contributed by atoms with E-state index in [9.17, 15) is 4.79 Å². The number of hydrogen-bond donors (Lipinski definition) is 3. The van der Waals surface area contributed by atoms with Gasteiger partial charge in [0, 0.05) is 46.0 Å². The van der Waals surface area contributed by atoms with Crippen molar-refractivity contribution in [1.29, 1.82) is 0 Å². The van der Waals surface area contributed by atoms with E-state index >= 15 is 0 Å². The fraction of sp³-hybridized carbons (Fsp3) is 0.389. The average molecular weight is 368 g/mol. The maximum Gasteiger partial charge on any atom is 0.321 e. The number of hydrogen-bond acceptors (Lipinski definition) is 5. The molecule has 1 saturated heterocycles. The van der Waals surface area contributed by atoms with Gasteiger partial charge in [0.1, 0.15) is 5.69 Å². The van der Waals surface area contributed by atoms with Crippen LogP contribution in [-0.4, -0.2) is 83.3 Å². The lowest BCUT2D eigenvalue weighted by atomic mass is 10.2. The fourth-order valence-electron chi connectivity index (χ4n) is 3.17. The van der Waals surface area contributed by atoms with Crippen molar-refractivity contribution in [2.24, 2.45) is 0 Å². The molecule has 2 amide bonds. The van der Waals surface area contributed by atoms with Gasteiger partial charge in [-0.3, -0.25) is 5.10 Å². The van der Waals surface area contributed by atoms with Gasteiger partial charge in [0.15, 0.2) is 5.82 Å². The van der Waals surface area contributed by atoms with Crippen molar-refractivity contribution < 1.29 is 4.79 Å². The predicted molar refractivity (Wildman–Crippen MR) is 106 cm³/mol. The summed E-state index contributed by atoms with van der Waals surface area (Å²) in [7, 11) is 5.53. The van der Waals surface area contributed by atoms with Gasteiger partial charge in [0.05, 0.1) is 22.9 Å². The van der Waals surface area contributed by atoms with Crippen molar-refractivity contribution >= 4 is 28.4 Å². The number of nitrogens with zero attached hydrogens (tertiary/aromatic N) is 5. The summed E-state index contributed by atoms with van der Waals surface area (Å²) in [5, 5.41) is 9.79. The first-order chi connectivity index (χ1) is 13.0. The second-order valence-corrected chi connectivity index (χ2v) is 7.06. The van der Waals surface area contributed by atoms with E-state index in [1.54, 1.807) is 20.3 Å². The van der Waals surface area contributed by atoms with Crippen LogP contribution in [0.25, 0.3) is 22.6 Å². The largest absolute Gasteiger partial charge is 0.369 e. The molecule has 0 radical (unpaired) electrons. The molecule has 3 aromatic rings. The summed E-state index contributed by atoms with van der Waals surface area (Å²) in [6, 6.07) is 6.05. The Morgan fingerprint density at radius 3 is 2.74 bits per heavy atom. The number of benzene rings is 1. The Balaban J connectivity index is 1.61. The first-order valence-electron chi connectivity index (χ1n) is 8.96. The Hall–Kier alpha value is -3.07. The Kier molecular flexibility index (Phi) is 4.44. The Bertz CT molecular complexity index is 951. The summed E-state index contributed by atoms with van der Waals surface area (Å²) in [4.78, 5) is 26.1. The number of urea groups is 1. The van der Waals surface area contributed by atoms with E-state index in [2.05, 4.69) is 54.5 Å². The van der Waals surface area contributed by atoms with Crippen molar-refractivity contribution in [1.82, 2.24) is 30.0 Å². The minimum absolute atomic E-state index is 0.217. The first-order valence-corrected chi connectivity index (χ1v) is 8.96. The number of rotatable bonds is 3. The van der Waals surface area contributed by atoms with Gasteiger partial charge < -0.3 is 25.0 Å². The molecule has 3 N–H and O–H groups in total. The van der Waals surface area contributed by atoms with Gasteiger partial charge in [-0.25, -0.2) is 9.78 Å². The second kappa shape index (κ2) is 6.92. The zero-order valence-electron chi connectivity index (χ0n) is 15.8. The smallest absolute Gasteiger partial charge is 0.321 e. The van der Waals surface area contributed by atoms with Crippen molar-refractivity contribution in [3.8, 4) is 11.5 Å². The van der Waals surface area contributed by atoms with Crippen LogP contribution in [0.1, 0.15) is 0 Å². The van der Waals surface area contributed by atoms with Crippen LogP contribution in [0, 0.1) is 0 Å². The molecule has 27 heavy (non-hydrogen) atoms. The topological polar surface area (TPSA) is 96.2 Å². The van der Waals surface area contributed by atoms with Gasteiger partial charge in [0.2, 0.25) is 0 Å². The summed E-state index contributed by atoms with van der Waals surface area (Å²) >= 11 is 0. The number of aromatic nitrogens is 4. The summed E-state index contributed by atoms with van der Waals surface area (Å²) < 4.78 is 0. The van der Waals surface area contributed by atoms with Crippen molar-refractivity contribution in [2.75, 3.05) is 57.5 Å². The van der Waals surface area contributed by atoms with Crippen LogP contribution in [-0.2, 0) is 0 Å². The van der Waals surface area contributed by atoms with Crippen LogP contribution in [0.15, 0.2) is 24.4 Å². The third-order valence-electron chi connectivity index (χ3n) is 4.86.